The maximum Gasteiger partial charge on any atom is 0.227 e. The van der Waals surface area contributed by atoms with Gasteiger partial charge in [-0.25, -0.2) is 0 Å². The van der Waals surface area contributed by atoms with Gasteiger partial charge in [0.2, 0.25) is 5.91 Å². The molecule has 0 aliphatic rings. The van der Waals surface area contributed by atoms with E-state index in [0.29, 0.717) is 30.2 Å². The molecule has 0 aromatic heterocycles. The molecule has 0 saturated heterocycles. The average Bonchev–Trinajstić information content (AvgIpc) is 2.38. The molecule has 0 aliphatic carbocycles. The molecule has 100 valence electrons. The molecule has 1 rings (SSSR count). The average molecular weight is 252 g/mol. The van der Waals surface area contributed by atoms with E-state index >= 15 is 0 Å². The van der Waals surface area contributed by atoms with Crippen molar-refractivity contribution in [2.24, 2.45) is 11.7 Å². The first-order chi connectivity index (χ1) is 8.60. The zero-order valence-corrected chi connectivity index (χ0v) is 11.0. The lowest BCUT2D eigenvalue weighted by molar-refractivity contribution is -0.119. The molecule has 3 N–H and O–H groups in total. The second-order valence-electron chi connectivity index (χ2n) is 4.07. The number of anilines is 1. The van der Waals surface area contributed by atoms with Gasteiger partial charge in [0.05, 0.1) is 14.2 Å². The summed E-state index contributed by atoms with van der Waals surface area (Å²) in [5.41, 5.74) is 6.08. The Hall–Kier alpha value is -1.75. The molecule has 1 aromatic rings. The van der Waals surface area contributed by atoms with Gasteiger partial charge in [-0.2, -0.15) is 0 Å². The van der Waals surface area contributed by atoms with E-state index in [4.69, 9.17) is 15.2 Å². The largest absolute Gasteiger partial charge is 0.497 e. The highest BCUT2D eigenvalue weighted by molar-refractivity contribution is 5.92. The van der Waals surface area contributed by atoms with Crippen LogP contribution in [0.4, 0.5) is 5.69 Å². The standard InChI is InChI=1S/C13H20N2O3/c1-9(4-5-14)13(16)15-10-6-11(17-2)8-12(7-10)18-3/h6-9H,4-5,14H2,1-3H3,(H,15,16). The van der Waals surface area contributed by atoms with Crippen molar-refractivity contribution >= 4 is 11.6 Å². The summed E-state index contributed by atoms with van der Waals surface area (Å²) < 4.78 is 10.3. The minimum absolute atomic E-state index is 0.0595. The summed E-state index contributed by atoms with van der Waals surface area (Å²) in [7, 11) is 3.13. The van der Waals surface area contributed by atoms with E-state index in [-0.39, 0.29) is 11.8 Å². The predicted molar refractivity (Wildman–Crippen MR) is 71.0 cm³/mol. The Bertz CT molecular complexity index is 385. The number of carbonyl (C=O) groups is 1. The molecule has 0 radical (unpaired) electrons. The first kappa shape index (κ1) is 14.3. The van der Waals surface area contributed by atoms with Gasteiger partial charge < -0.3 is 20.5 Å². The monoisotopic (exact) mass is 252 g/mol. The molecule has 5 nitrogen and oxygen atoms in total. The number of amides is 1. The number of ether oxygens (including phenoxy) is 2. The van der Waals surface area contributed by atoms with Crippen molar-refractivity contribution in [2.75, 3.05) is 26.1 Å². The maximum absolute atomic E-state index is 11.9. The molecule has 18 heavy (non-hydrogen) atoms. The summed E-state index contributed by atoms with van der Waals surface area (Å²) >= 11 is 0. The topological polar surface area (TPSA) is 73.6 Å². The van der Waals surface area contributed by atoms with Gasteiger partial charge in [-0.1, -0.05) is 6.92 Å². The smallest absolute Gasteiger partial charge is 0.227 e. The third-order valence-electron chi connectivity index (χ3n) is 2.67. The molecule has 0 heterocycles. The van der Waals surface area contributed by atoms with Crippen molar-refractivity contribution in [3.05, 3.63) is 18.2 Å². The highest BCUT2D eigenvalue weighted by atomic mass is 16.5. The van der Waals surface area contributed by atoms with E-state index in [1.54, 1.807) is 32.4 Å². The minimum Gasteiger partial charge on any atom is -0.497 e. The maximum atomic E-state index is 11.9. The fourth-order valence-electron chi connectivity index (χ4n) is 1.53. The summed E-state index contributed by atoms with van der Waals surface area (Å²) in [6.07, 6.45) is 0.660. The number of rotatable bonds is 6. The Morgan fingerprint density at radius 1 is 1.28 bits per heavy atom. The number of methoxy groups -OCH3 is 2. The first-order valence-electron chi connectivity index (χ1n) is 5.84. The van der Waals surface area contributed by atoms with Crippen LogP contribution in [0.25, 0.3) is 0 Å². The highest BCUT2D eigenvalue weighted by Crippen LogP contribution is 2.26. The van der Waals surface area contributed by atoms with Gasteiger partial charge in [0.25, 0.3) is 0 Å². The summed E-state index contributed by atoms with van der Waals surface area (Å²) in [5, 5.41) is 2.82. The van der Waals surface area contributed by atoms with Gasteiger partial charge in [0.15, 0.2) is 0 Å². The lowest BCUT2D eigenvalue weighted by atomic mass is 10.1. The Labute approximate surface area is 107 Å². The molecule has 0 saturated carbocycles. The first-order valence-corrected chi connectivity index (χ1v) is 5.84. The van der Waals surface area contributed by atoms with E-state index < -0.39 is 0 Å². The summed E-state index contributed by atoms with van der Waals surface area (Å²) in [4.78, 5) is 11.9. The second-order valence-corrected chi connectivity index (χ2v) is 4.07. The Balaban J connectivity index is 2.80. The lowest BCUT2D eigenvalue weighted by Crippen LogP contribution is -2.22. The van der Waals surface area contributed by atoms with Crippen LogP contribution >= 0.6 is 0 Å². The molecule has 0 aliphatic heterocycles. The van der Waals surface area contributed by atoms with Crippen molar-refractivity contribution in [3.63, 3.8) is 0 Å². The molecule has 1 atom stereocenters. The fourth-order valence-corrected chi connectivity index (χ4v) is 1.53. The Kier molecular flexibility index (Phi) is 5.45. The van der Waals surface area contributed by atoms with Crippen LogP contribution in [-0.4, -0.2) is 26.7 Å². The third-order valence-corrected chi connectivity index (χ3v) is 2.67. The van der Waals surface area contributed by atoms with E-state index in [9.17, 15) is 4.79 Å². The van der Waals surface area contributed by atoms with Crippen LogP contribution in [0, 0.1) is 5.92 Å². The molecule has 1 amide bonds. The third kappa shape index (κ3) is 3.92. The highest BCUT2D eigenvalue weighted by Gasteiger charge is 2.13. The van der Waals surface area contributed by atoms with E-state index in [0.717, 1.165) is 0 Å². The van der Waals surface area contributed by atoms with E-state index in [1.807, 2.05) is 6.92 Å². The second kappa shape index (κ2) is 6.86. The van der Waals surface area contributed by atoms with Gasteiger partial charge in [-0.3, -0.25) is 4.79 Å². The predicted octanol–water partition coefficient (Wildman–Crippen LogP) is 1.63. The number of nitrogens with two attached hydrogens (primary N) is 1. The minimum atomic E-state index is -0.118. The van der Waals surface area contributed by atoms with Crippen molar-refractivity contribution in [1.82, 2.24) is 0 Å². The molecule has 5 heteroatoms. The van der Waals surface area contributed by atoms with Gasteiger partial charge >= 0.3 is 0 Å². The molecule has 0 bridgehead atoms. The molecule has 1 aromatic carbocycles. The molecule has 0 fully saturated rings. The van der Waals surface area contributed by atoms with Crippen molar-refractivity contribution in [3.8, 4) is 11.5 Å². The zero-order valence-electron chi connectivity index (χ0n) is 11.0. The van der Waals surface area contributed by atoms with Crippen molar-refractivity contribution < 1.29 is 14.3 Å². The molecular formula is C13H20N2O3. The molecular weight excluding hydrogens is 232 g/mol. The van der Waals surface area contributed by atoms with Crippen LogP contribution < -0.4 is 20.5 Å². The summed E-state index contributed by atoms with van der Waals surface area (Å²) in [5.74, 6) is 1.09. The Morgan fingerprint density at radius 3 is 2.28 bits per heavy atom. The zero-order chi connectivity index (χ0) is 13.5. The fraction of sp³-hybridized carbons (Fsp3) is 0.462. The molecule has 1 unspecified atom stereocenters. The summed E-state index contributed by atoms with van der Waals surface area (Å²) in [6.45, 7) is 2.34. The van der Waals surface area contributed by atoms with Crippen LogP contribution in [0.5, 0.6) is 11.5 Å². The quantitative estimate of drug-likeness (QED) is 0.807. The van der Waals surface area contributed by atoms with E-state index in [2.05, 4.69) is 5.32 Å². The van der Waals surface area contributed by atoms with Gasteiger partial charge in [-0.05, 0) is 13.0 Å². The Morgan fingerprint density at radius 2 is 1.83 bits per heavy atom. The van der Waals surface area contributed by atoms with Crippen LogP contribution in [-0.2, 0) is 4.79 Å². The number of hydrogen-bond acceptors (Lipinski definition) is 4. The van der Waals surface area contributed by atoms with Crippen molar-refractivity contribution in [2.45, 2.75) is 13.3 Å². The number of benzene rings is 1. The van der Waals surface area contributed by atoms with Crippen LogP contribution in [0.15, 0.2) is 18.2 Å². The SMILES string of the molecule is COc1cc(NC(=O)C(C)CCN)cc(OC)c1. The lowest BCUT2D eigenvalue weighted by Gasteiger charge is -2.13. The normalized spacial score (nSPS) is 11.8. The van der Waals surface area contributed by atoms with Gasteiger partial charge in [-0.15, -0.1) is 0 Å². The van der Waals surface area contributed by atoms with Crippen LogP contribution in [0.3, 0.4) is 0 Å². The number of hydrogen-bond donors (Lipinski definition) is 2. The van der Waals surface area contributed by atoms with Gasteiger partial charge in [0.1, 0.15) is 11.5 Å². The summed E-state index contributed by atoms with van der Waals surface area (Å²) in [6, 6.07) is 5.24. The van der Waals surface area contributed by atoms with Gasteiger partial charge in [0, 0.05) is 29.8 Å². The van der Waals surface area contributed by atoms with Crippen molar-refractivity contribution in [1.29, 1.82) is 0 Å². The molecule has 0 spiro atoms. The number of nitrogens with one attached hydrogen (secondary N) is 1. The van der Waals surface area contributed by atoms with E-state index in [1.165, 1.54) is 0 Å². The number of carbonyl (C=O) groups excluding carboxylic acids is 1. The van der Waals surface area contributed by atoms with Crippen LogP contribution in [0.1, 0.15) is 13.3 Å². The van der Waals surface area contributed by atoms with Crippen LogP contribution in [0.2, 0.25) is 0 Å².